The summed E-state index contributed by atoms with van der Waals surface area (Å²) in [6, 6.07) is 8.83. The minimum Gasteiger partial charge on any atom is -0.508 e. The summed E-state index contributed by atoms with van der Waals surface area (Å²) in [6.07, 6.45) is 4.04. The fourth-order valence-electron chi connectivity index (χ4n) is 2.98. The molecule has 2 aromatic heterocycles. The van der Waals surface area contributed by atoms with Crippen LogP contribution in [-0.2, 0) is 0 Å². The van der Waals surface area contributed by atoms with Gasteiger partial charge in [-0.25, -0.2) is 4.98 Å². The van der Waals surface area contributed by atoms with Gasteiger partial charge in [0.05, 0.1) is 11.7 Å². The number of benzene rings is 1. The molecule has 142 valence electrons. The Morgan fingerprint density at radius 1 is 1.30 bits per heavy atom. The average Bonchev–Trinajstić information content (AvgIpc) is 3.33. The molecule has 0 radical (unpaired) electrons. The lowest BCUT2D eigenvalue weighted by Crippen LogP contribution is -2.32. The van der Waals surface area contributed by atoms with Crippen LogP contribution in [0, 0.1) is 0 Å². The summed E-state index contributed by atoms with van der Waals surface area (Å²) >= 11 is 1.36. The molecule has 1 unspecified atom stereocenters. The molecule has 1 fully saturated rings. The van der Waals surface area contributed by atoms with Crippen LogP contribution < -0.4 is 10.6 Å². The van der Waals surface area contributed by atoms with Gasteiger partial charge < -0.3 is 10.4 Å². The number of nitrogens with zero attached hydrogens (tertiary/aromatic N) is 3. The van der Waals surface area contributed by atoms with Crippen molar-refractivity contribution in [3.63, 3.8) is 0 Å². The molecule has 1 aliphatic rings. The maximum Gasteiger partial charge on any atom is 0.277 e. The van der Waals surface area contributed by atoms with E-state index in [0.29, 0.717) is 16.9 Å². The smallest absolute Gasteiger partial charge is 0.277 e. The fourth-order valence-corrected chi connectivity index (χ4v) is 3.69. The molecule has 0 aliphatic carbocycles. The highest BCUT2D eigenvalue weighted by atomic mass is 35.5. The fraction of sp³-hybridized carbons (Fsp3) is 0.278. The van der Waals surface area contributed by atoms with Crippen molar-refractivity contribution in [1.29, 1.82) is 0 Å². The molecule has 1 amide bonds. The number of anilines is 1. The zero-order chi connectivity index (χ0) is 17.9. The summed E-state index contributed by atoms with van der Waals surface area (Å²) in [4.78, 5) is 16.9. The van der Waals surface area contributed by atoms with Crippen LogP contribution in [-0.4, -0.2) is 38.9 Å². The van der Waals surface area contributed by atoms with Crippen molar-refractivity contribution in [2.75, 3.05) is 18.4 Å². The standard InChI is InChI=1S/C18H19N5O2S.ClH/c24-14-5-3-12(4-6-14)16-11-26-18(20-16)21-17(25)15-7-9-23(22-15)13-2-1-8-19-10-13;/h3-7,9,11,13,19,24H,1-2,8,10H2,(H,20,21,25);1H. The molecular formula is C18H20ClN5O2S. The van der Waals surface area contributed by atoms with E-state index in [1.165, 1.54) is 11.3 Å². The number of aromatic nitrogens is 3. The lowest BCUT2D eigenvalue weighted by molar-refractivity contribution is 0.102. The number of thiazole rings is 1. The van der Waals surface area contributed by atoms with Gasteiger partial charge in [-0.15, -0.1) is 23.7 Å². The number of nitrogens with one attached hydrogen (secondary N) is 2. The second-order valence-electron chi connectivity index (χ2n) is 6.22. The van der Waals surface area contributed by atoms with E-state index in [-0.39, 0.29) is 24.1 Å². The van der Waals surface area contributed by atoms with Gasteiger partial charge in [0.25, 0.3) is 5.91 Å². The minimum absolute atomic E-state index is 0. The van der Waals surface area contributed by atoms with Crippen molar-refractivity contribution in [2.45, 2.75) is 18.9 Å². The molecule has 9 heteroatoms. The molecule has 27 heavy (non-hydrogen) atoms. The van der Waals surface area contributed by atoms with E-state index in [1.807, 2.05) is 16.3 Å². The third-order valence-corrected chi connectivity index (χ3v) is 5.13. The number of carbonyl (C=O) groups is 1. The largest absolute Gasteiger partial charge is 0.508 e. The second kappa shape index (κ2) is 8.51. The van der Waals surface area contributed by atoms with E-state index in [9.17, 15) is 9.90 Å². The molecule has 0 spiro atoms. The van der Waals surface area contributed by atoms with Gasteiger partial charge in [0, 0.05) is 23.7 Å². The minimum atomic E-state index is -0.265. The highest BCUT2D eigenvalue weighted by molar-refractivity contribution is 7.14. The zero-order valence-corrected chi connectivity index (χ0v) is 16.1. The van der Waals surface area contributed by atoms with Crippen LogP contribution in [0.25, 0.3) is 11.3 Å². The average molecular weight is 406 g/mol. The highest BCUT2D eigenvalue weighted by Gasteiger charge is 2.18. The summed E-state index contributed by atoms with van der Waals surface area (Å²) in [7, 11) is 0. The van der Waals surface area contributed by atoms with Crippen LogP contribution in [0.4, 0.5) is 5.13 Å². The molecule has 1 atom stereocenters. The quantitative estimate of drug-likeness (QED) is 0.619. The monoisotopic (exact) mass is 405 g/mol. The van der Waals surface area contributed by atoms with E-state index in [0.717, 1.165) is 37.2 Å². The number of phenolic OH excluding ortho intramolecular Hbond substituents is 1. The SMILES string of the molecule is Cl.O=C(Nc1nc(-c2ccc(O)cc2)cs1)c1ccn(C2CCCNC2)n1. The Bertz CT molecular complexity index is 903. The molecule has 0 saturated carbocycles. The highest BCUT2D eigenvalue weighted by Crippen LogP contribution is 2.26. The lowest BCUT2D eigenvalue weighted by atomic mass is 10.1. The van der Waals surface area contributed by atoms with E-state index >= 15 is 0 Å². The number of piperidine rings is 1. The van der Waals surface area contributed by atoms with E-state index < -0.39 is 0 Å². The van der Waals surface area contributed by atoms with E-state index in [4.69, 9.17) is 0 Å². The van der Waals surface area contributed by atoms with Crippen LogP contribution in [0.5, 0.6) is 5.75 Å². The number of rotatable bonds is 4. The van der Waals surface area contributed by atoms with Crippen molar-refractivity contribution in [3.05, 3.63) is 47.6 Å². The molecule has 1 saturated heterocycles. The first-order valence-corrected chi connectivity index (χ1v) is 9.39. The molecule has 0 bridgehead atoms. The molecule has 7 nitrogen and oxygen atoms in total. The maximum absolute atomic E-state index is 12.4. The molecule has 1 aromatic carbocycles. The van der Waals surface area contributed by atoms with Crippen molar-refractivity contribution < 1.29 is 9.90 Å². The maximum atomic E-state index is 12.4. The van der Waals surface area contributed by atoms with Crippen molar-refractivity contribution in [2.24, 2.45) is 0 Å². The number of hydrogen-bond acceptors (Lipinski definition) is 6. The second-order valence-corrected chi connectivity index (χ2v) is 7.08. The van der Waals surface area contributed by atoms with Crippen molar-refractivity contribution >= 4 is 34.8 Å². The van der Waals surface area contributed by atoms with Gasteiger partial charge in [-0.2, -0.15) is 5.10 Å². The number of aromatic hydroxyl groups is 1. The predicted molar refractivity (Wildman–Crippen MR) is 108 cm³/mol. The summed E-state index contributed by atoms with van der Waals surface area (Å²) in [5, 5.41) is 22.3. The molecule has 4 rings (SSSR count). The lowest BCUT2D eigenvalue weighted by Gasteiger charge is -2.22. The van der Waals surface area contributed by atoms with Crippen LogP contribution in [0.3, 0.4) is 0 Å². The molecule has 1 aliphatic heterocycles. The Morgan fingerprint density at radius 3 is 2.85 bits per heavy atom. The Labute approximate surface area is 166 Å². The van der Waals surface area contributed by atoms with Gasteiger partial charge in [-0.3, -0.25) is 14.8 Å². The Hall–Kier alpha value is -2.42. The van der Waals surface area contributed by atoms with Crippen molar-refractivity contribution in [1.82, 2.24) is 20.1 Å². The third kappa shape index (κ3) is 4.47. The third-order valence-electron chi connectivity index (χ3n) is 4.37. The number of carbonyl (C=O) groups excluding carboxylic acids is 1. The summed E-state index contributed by atoms with van der Waals surface area (Å²) in [5.41, 5.74) is 2.02. The van der Waals surface area contributed by atoms with Gasteiger partial charge in [0.15, 0.2) is 10.8 Å². The number of amides is 1. The first-order chi connectivity index (χ1) is 12.7. The predicted octanol–water partition coefficient (Wildman–Crippen LogP) is 3.31. The Kier molecular flexibility index (Phi) is 6.10. The summed E-state index contributed by atoms with van der Waals surface area (Å²) in [5.74, 6) is -0.0552. The Morgan fingerprint density at radius 2 is 2.11 bits per heavy atom. The van der Waals surface area contributed by atoms with Crippen LogP contribution in [0.1, 0.15) is 29.4 Å². The Balaban J connectivity index is 0.00000210. The van der Waals surface area contributed by atoms with Gasteiger partial charge in [-0.05, 0) is 49.7 Å². The number of phenols is 1. The number of halogens is 1. The molecular weight excluding hydrogens is 386 g/mol. The van der Waals surface area contributed by atoms with Gasteiger partial charge in [0.2, 0.25) is 0 Å². The molecule has 3 heterocycles. The van der Waals surface area contributed by atoms with E-state index in [1.54, 1.807) is 30.3 Å². The van der Waals surface area contributed by atoms with Crippen LogP contribution >= 0.6 is 23.7 Å². The van der Waals surface area contributed by atoms with Gasteiger partial charge in [-0.1, -0.05) is 0 Å². The first kappa shape index (κ1) is 19.3. The molecule has 3 aromatic rings. The normalized spacial score (nSPS) is 16.5. The zero-order valence-electron chi connectivity index (χ0n) is 14.5. The summed E-state index contributed by atoms with van der Waals surface area (Å²) in [6.45, 7) is 1.92. The van der Waals surface area contributed by atoms with Crippen LogP contribution in [0.15, 0.2) is 41.9 Å². The molecule has 3 N–H and O–H groups in total. The van der Waals surface area contributed by atoms with Crippen molar-refractivity contribution in [3.8, 4) is 17.0 Å². The first-order valence-electron chi connectivity index (χ1n) is 8.51. The van der Waals surface area contributed by atoms with Gasteiger partial charge in [0.1, 0.15) is 5.75 Å². The topological polar surface area (TPSA) is 92.1 Å². The number of hydrogen-bond donors (Lipinski definition) is 3. The van der Waals surface area contributed by atoms with Gasteiger partial charge >= 0.3 is 0 Å². The summed E-state index contributed by atoms with van der Waals surface area (Å²) < 4.78 is 1.87. The van der Waals surface area contributed by atoms with E-state index in [2.05, 4.69) is 20.7 Å². The van der Waals surface area contributed by atoms with Crippen LogP contribution in [0.2, 0.25) is 0 Å².